The standard InChI is InChI=1S/C17H24N2O5/c1-13(20)18-8-9-19(15(10-18)17(22)23-2)11-16(21)24-12-14-6-4-3-5-7-14/h4,6-7,15H,3,5,8-12H2,1-2H3. The summed E-state index contributed by atoms with van der Waals surface area (Å²) < 4.78 is 10.1. The molecule has 0 bridgehead atoms. The van der Waals surface area contributed by atoms with Gasteiger partial charge in [-0.25, -0.2) is 0 Å². The van der Waals surface area contributed by atoms with E-state index in [2.05, 4.69) is 12.2 Å². The first-order chi connectivity index (χ1) is 11.5. The maximum atomic E-state index is 12.1. The molecule has 1 heterocycles. The molecular weight excluding hydrogens is 312 g/mol. The maximum Gasteiger partial charge on any atom is 0.324 e. The number of hydrogen-bond donors (Lipinski definition) is 0. The molecule has 1 amide bonds. The fourth-order valence-electron chi connectivity index (χ4n) is 2.81. The molecular formula is C17H24N2O5. The number of amides is 1. The second kappa shape index (κ2) is 8.63. The number of ether oxygens (including phenoxy) is 2. The number of hydrogen-bond acceptors (Lipinski definition) is 6. The summed E-state index contributed by atoms with van der Waals surface area (Å²) in [4.78, 5) is 38.8. The minimum absolute atomic E-state index is 0.00249. The summed E-state index contributed by atoms with van der Waals surface area (Å²) in [5.41, 5.74) is 0.987. The van der Waals surface area contributed by atoms with Crippen LogP contribution in [0.1, 0.15) is 19.8 Å². The van der Waals surface area contributed by atoms with Gasteiger partial charge in [0.25, 0.3) is 0 Å². The molecule has 1 aliphatic carbocycles. The first-order valence-electron chi connectivity index (χ1n) is 8.10. The Labute approximate surface area is 141 Å². The second-order valence-electron chi connectivity index (χ2n) is 5.89. The minimum Gasteiger partial charge on any atom is -0.468 e. The van der Waals surface area contributed by atoms with Gasteiger partial charge in [-0.3, -0.25) is 19.3 Å². The van der Waals surface area contributed by atoms with E-state index >= 15 is 0 Å². The van der Waals surface area contributed by atoms with Crippen molar-refractivity contribution >= 4 is 17.8 Å². The van der Waals surface area contributed by atoms with Gasteiger partial charge < -0.3 is 14.4 Å². The van der Waals surface area contributed by atoms with Crippen molar-refractivity contribution in [1.82, 2.24) is 9.80 Å². The molecule has 7 heteroatoms. The van der Waals surface area contributed by atoms with Crippen LogP contribution in [0.4, 0.5) is 0 Å². The van der Waals surface area contributed by atoms with Gasteiger partial charge in [0, 0.05) is 26.6 Å². The molecule has 132 valence electrons. The van der Waals surface area contributed by atoms with Crippen molar-refractivity contribution in [1.29, 1.82) is 0 Å². The summed E-state index contributed by atoms with van der Waals surface area (Å²) in [6, 6.07) is -0.644. The Morgan fingerprint density at radius 1 is 1.25 bits per heavy atom. The monoisotopic (exact) mass is 336 g/mol. The zero-order valence-electron chi connectivity index (χ0n) is 14.2. The van der Waals surface area contributed by atoms with E-state index in [1.165, 1.54) is 14.0 Å². The quantitative estimate of drug-likeness (QED) is 0.681. The summed E-state index contributed by atoms with van der Waals surface area (Å²) >= 11 is 0. The van der Waals surface area contributed by atoms with E-state index in [9.17, 15) is 14.4 Å². The Morgan fingerprint density at radius 2 is 2.04 bits per heavy atom. The van der Waals surface area contributed by atoms with Crippen LogP contribution in [0.3, 0.4) is 0 Å². The lowest BCUT2D eigenvalue weighted by Crippen LogP contribution is -2.58. The van der Waals surface area contributed by atoms with Gasteiger partial charge in [0.1, 0.15) is 12.6 Å². The molecule has 0 aromatic heterocycles. The highest BCUT2D eigenvalue weighted by Crippen LogP contribution is 2.13. The van der Waals surface area contributed by atoms with Crippen molar-refractivity contribution in [2.24, 2.45) is 0 Å². The Kier molecular flexibility index (Phi) is 6.54. The summed E-state index contributed by atoms with van der Waals surface area (Å²) in [6.45, 7) is 2.84. The van der Waals surface area contributed by atoms with E-state index in [0.29, 0.717) is 13.1 Å². The predicted molar refractivity (Wildman–Crippen MR) is 87.0 cm³/mol. The van der Waals surface area contributed by atoms with Crippen molar-refractivity contribution in [2.75, 3.05) is 39.9 Å². The van der Waals surface area contributed by atoms with Crippen LogP contribution in [0.15, 0.2) is 23.8 Å². The third-order valence-corrected chi connectivity index (χ3v) is 4.21. The Bertz CT molecular complexity index is 555. The summed E-state index contributed by atoms with van der Waals surface area (Å²) in [7, 11) is 1.30. The number of esters is 2. The number of nitrogens with zero attached hydrogens (tertiary/aromatic N) is 2. The largest absolute Gasteiger partial charge is 0.468 e. The fourth-order valence-corrected chi connectivity index (χ4v) is 2.81. The molecule has 1 unspecified atom stereocenters. The molecule has 0 spiro atoms. The molecule has 7 nitrogen and oxygen atoms in total. The van der Waals surface area contributed by atoms with Crippen LogP contribution in [-0.2, 0) is 23.9 Å². The first-order valence-corrected chi connectivity index (χ1v) is 8.10. The zero-order chi connectivity index (χ0) is 17.5. The summed E-state index contributed by atoms with van der Waals surface area (Å²) in [5.74, 6) is -0.936. The van der Waals surface area contributed by atoms with Crippen molar-refractivity contribution in [3.05, 3.63) is 23.8 Å². The molecule has 1 fully saturated rings. The molecule has 2 rings (SSSR count). The second-order valence-corrected chi connectivity index (χ2v) is 5.89. The van der Waals surface area contributed by atoms with Crippen molar-refractivity contribution < 1.29 is 23.9 Å². The van der Waals surface area contributed by atoms with E-state index in [-0.39, 0.29) is 31.6 Å². The third-order valence-electron chi connectivity index (χ3n) is 4.21. The average Bonchev–Trinajstić information content (AvgIpc) is 2.60. The molecule has 1 saturated heterocycles. The highest BCUT2D eigenvalue weighted by molar-refractivity contribution is 5.80. The van der Waals surface area contributed by atoms with E-state index in [1.54, 1.807) is 9.80 Å². The van der Waals surface area contributed by atoms with E-state index in [0.717, 1.165) is 18.4 Å². The highest BCUT2D eigenvalue weighted by atomic mass is 16.5. The SMILES string of the molecule is COC(=O)C1CN(C(C)=O)CCN1CC(=O)OCC1=CCCC=C1. The van der Waals surface area contributed by atoms with Gasteiger partial charge in [-0.1, -0.05) is 18.2 Å². The average molecular weight is 336 g/mol. The molecule has 0 saturated carbocycles. The van der Waals surface area contributed by atoms with Gasteiger partial charge in [0.05, 0.1) is 13.7 Å². The van der Waals surface area contributed by atoms with Gasteiger partial charge >= 0.3 is 11.9 Å². The van der Waals surface area contributed by atoms with Crippen molar-refractivity contribution in [2.45, 2.75) is 25.8 Å². The Morgan fingerprint density at radius 3 is 2.67 bits per heavy atom. The third kappa shape index (κ3) is 4.92. The Balaban J connectivity index is 1.89. The highest BCUT2D eigenvalue weighted by Gasteiger charge is 2.35. The molecule has 1 aliphatic heterocycles. The number of rotatable bonds is 5. The van der Waals surface area contributed by atoms with Gasteiger partial charge in [0.15, 0.2) is 0 Å². The minimum atomic E-state index is -0.644. The number of carbonyl (C=O) groups excluding carboxylic acids is 3. The number of carbonyl (C=O) groups is 3. The van der Waals surface area contributed by atoms with Crippen molar-refractivity contribution in [3.8, 4) is 0 Å². The Hall–Kier alpha value is -2.15. The lowest BCUT2D eigenvalue weighted by Gasteiger charge is -2.38. The molecule has 0 N–H and O–H groups in total. The van der Waals surface area contributed by atoms with Gasteiger partial charge in [-0.2, -0.15) is 0 Å². The lowest BCUT2D eigenvalue weighted by atomic mass is 10.1. The molecule has 24 heavy (non-hydrogen) atoms. The van der Waals surface area contributed by atoms with Gasteiger partial charge in [-0.15, -0.1) is 0 Å². The van der Waals surface area contributed by atoms with Gasteiger partial charge in [0.2, 0.25) is 5.91 Å². The van der Waals surface area contributed by atoms with Crippen LogP contribution in [0, 0.1) is 0 Å². The van der Waals surface area contributed by atoms with Crippen molar-refractivity contribution in [3.63, 3.8) is 0 Å². The molecule has 0 radical (unpaired) electrons. The van der Waals surface area contributed by atoms with Crippen LogP contribution in [0.25, 0.3) is 0 Å². The zero-order valence-corrected chi connectivity index (χ0v) is 14.2. The van der Waals surface area contributed by atoms with Crippen LogP contribution < -0.4 is 0 Å². The number of methoxy groups -OCH3 is 1. The van der Waals surface area contributed by atoms with Gasteiger partial charge in [-0.05, 0) is 18.4 Å². The smallest absolute Gasteiger partial charge is 0.324 e. The molecule has 0 aromatic carbocycles. The topological polar surface area (TPSA) is 76.2 Å². The fraction of sp³-hybridized carbons (Fsp3) is 0.588. The number of piperazine rings is 1. The van der Waals surface area contributed by atoms with E-state index < -0.39 is 12.0 Å². The number of allylic oxidation sites excluding steroid dienone is 2. The summed E-state index contributed by atoms with van der Waals surface area (Å²) in [6.07, 6.45) is 8.03. The molecule has 0 aromatic rings. The maximum absolute atomic E-state index is 12.1. The normalized spacial score (nSPS) is 21.2. The van der Waals surface area contributed by atoms with Crippen LogP contribution >= 0.6 is 0 Å². The predicted octanol–water partition coefficient (Wildman–Crippen LogP) is 0.512. The lowest BCUT2D eigenvalue weighted by molar-refractivity contribution is -0.154. The van der Waals surface area contributed by atoms with Crippen LogP contribution in [0.2, 0.25) is 0 Å². The summed E-state index contributed by atoms with van der Waals surface area (Å²) in [5, 5.41) is 0. The van der Waals surface area contributed by atoms with E-state index in [4.69, 9.17) is 9.47 Å². The first kappa shape index (κ1) is 18.2. The molecule has 2 aliphatic rings. The van der Waals surface area contributed by atoms with Crippen LogP contribution in [0.5, 0.6) is 0 Å². The van der Waals surface area contributed by atoms with E-state index in [1.807, 2.05) is 6.08 Å². The van der Waals surface area contributed by atoms with Crippen LogP contribution in [-0.4, -0.2) is 73.6 Å². The molecule has 1 atom stereocenters.